The molecule has 0 unspecified atom stereocenters. The van der Waals surface area contributed by atoms with E-state index in [2.05, 4.69) is 0 Å². The first-order valence-electron chi connectivity index (χ1n) is 4.86. The number of halogens is 5. The van der Waals surface area contributed by atoms with Crippen molar-refractivity contribution in [1.82, 2.24) is 0 Å². The number of hydrogen-bond donors (Lipinski definition) is 1. The Balaban J connectivity index is 3.58. The highest BCUT2D eigenvalue weighted by Crippen LogP contribution is 2.48. The molecule has 0 aliphatic heterocycles. The van der Waals surface area contributed by atoms with E-state index >= 15 is 0 Å². The molecule has 1 N–H and O–H groups in total. The van der Waals surface area contributed by atoms with Gasteiger partial charge in [-0.15, -0.1) is 0 Å². The molecule has 0 aromatic heterocycles. The molecule has 92 valence electrons. The second kappa shape index (κ2) is 7.68. The fourth-order valence-corrected chi connectivity index (χ4v) is 1.68. The molecule has 1 nitrogen and oxygen atoms in total. The SMILES string of the molecule is OCCCCCCCC(Cl)(Cl)C(Cl)(Cl)Cl. The molecule has 0 saturated heterocycles. The van der Waals surface area contributed by atoms with Crippen molar-refractivity contribution in [2.24, 2.45) is 0 Å². The van der Waals surface area contributed by atoms with E-state index in [1.165, 1.54) is 0 Å². The van der Waals surface area contributed by atoms with Crippen LogP contribution in [0.15, 0.2) is 0 Å². The summed E-state index contributed by atoms with van der Waals surface area (Å²) in [4.78, 5) is 0. The van der Waals surface area contributed by atoms with Crippen LogP contribution in [0.1, 0.15) is 38.5 Å². The van der Waals surface area contributed by atoms with Crippen molar-refractivity contribution < 1.29 is 5.11 Å². The standard InChI is InChI=1S/C9H15Cl5O/c10-8(11,9(12,13)14)6-4-2-1-3-5-7-15/h15H,1-7H2. The fraction of sp³-hybridized carbons (Fsp3) is 1.00. The van der Waals surface area contributed by atoms with E-state index in [0.717, 1.165) is 32.1 Å². The van der Waals surface area contributed by atoms with Crippen LogP contribution in [0.25, 0.3) is 0 Å². The van der Waals surface area contributed by atoms with Crippen LogP contribution in [0.3, 0.4) is 0 Å². The second-order valence-corrected chi connectivity index (χ2v) is 7.21. The van der Waals surface area contributed by atoms with Gasteiger partial charge in [0.25, 0.3) is 0 Å². The van der Waals surface area contributed by atoms with E-state index in [1.807, 2.05) is 0 Å². The summed E-state index contributed by atoms with van der Waals surface area (Å²) in [6.45, 7) is 0.239. The zero-order valence-electron chi connectivity index (χ0n) is 8.29. The first-order valence-corrected chi connectivity index (χ1v) is 6.75. The van der Waals surface area contributed by atoms with Gasteiger partial charge in [-0.2, -0.15) is 0 Å². The Labute approximate surface area is 116 Å². The summed E-state index contributed by atoms with van der Waals surface area (Å²) in [5.74, 6) is 0. The Morgan fingerprint density at radius 1 is 0.733 bits per heavy atom. The van der Waals surface area contributed by atoms with Gasteiger partial charge in [0.1, 0.15) is 0 Å². The summed E-state index contributed by atoms with van der Waals surface area (Å²) in [6.07, 6.45) is 5.10. The lowest BCUT2D eigenvalue weighted by Crippen LogP contribution is -2.30. The summed E-state index contributed by atoms with van der Waals surface area (Å²) in [5.41, 5.74) is 0. The third-order valence-corrected chi connectivity index (χ3v) is 4.56. The molecule has 0 aliphatic carbocycles. The van der Waals surface area contributed by atoms with Crippen molar-refractivity contribution in [3.8, 4) is 0 Å². The Bertz CT molecular complexity index is 166. The normalized spacial score (nSPS) is 13.2. The molecule has 6 heteroatoms. The van der Waals surface area contributed by atoms with Gasteiger partial charge in [-0.05, 0) is 12.8 Å². The topological polar surface area (TPSA) is 20.2 Å². The lowest BCUT2D eigenvalue weighted by atomic mass is 10.1. The molecule has 0 spiro atoms. The van der Waals surface area contributed by atoms with Crippen molar-refractivity contribution in [2.75, 3.05) is 6.61 Å². The Kier molecular flexibility index (Phi) is 8.40. The van der Waals surface area contributed by atoms with Crippen LogP contribution in [-0.4, -0.2) is 19.8 Å². The van der Waals surface area contributed by atoms with Gasteiger partial charge in [0, 0.05) is 6.61 Å². The number of aliphatic hydroxyl groups is 1. The third-order valence-electron chi connectivity index (χ3n) is 2.06. The van der Waals surface area contributed by atoms with Crippen LogP contribution in [-0.2, 0) is 0 Å². The van der Waals surface area contributed by atoms with Crippen LogP contribution in [0.4, 0.5) is 0 Å². The minimum absolute atomic E-state index is 0.239. The molecular formula is C9H15Cl5O. The molecule has 0 aliphatic rings. The van der Waals surface area contributed by atoms with Gasteiger partial charge < -0.3 is 5.11 Å². The van der Waals surface area contributed by atoms with Crippen molar-refractivity contribution >= 4 is 58.0 Å². The fourth-order valence-electron chi connectivity index (χ4n) is 1.13. The molecule has 0 heterocycles. The first-order chi connectivity index (χ1) is 6.81. The van der Waals surface area contributed by atoms with E-state index in [1.54, 1.807) is 0 Å². The van der Waals surface area contributed by atoms with Gasteiger partial charge in [-0.3, -0.25) is 0 Å². The van der Waals surface area contributed by atoms with Crippen LogP contribution < -0.4 is 0 Å². The largest absolute Gasteiger partial charge is 0.396 e. The average molecular weight is 316 g/mol. The van der Waals surface area contributed by atoms with Crippen LogP contribution in [0.5, 0.6) is 0 Å². The molecule has 0 radical (unpaired) electrons. The predicted molar refractivity (Wildman–Crippen MR) is 69.5 cm³/mol. The average Bonchev–Trinajstić information content (AvgIpc) is 2.09. The summed E-state index contributed by atoms with van der Waals surface area (Å²) < 4.78 is -2.98. The highest BCUT2D eigenvalue weighted by molar-refractivity contribution is 6.75. The Hall–Kier alpha value is 1.41. The van der Waals surface area contributed by atoms with Gasteiger partial charge in [0.2, 0.25) is 3.79 Å². The van der Waals surface area contributed by atoms with Crippen molar-refractivity contribution in [1.29, 1.82) is 0 Å². The van der Waals surface area contributed by atoms with Crippen molar-refractivity contribution in [2.45, 2.75) is 46.7 Å². The lowest BCUT2D eigenvalue weighted by molar-refractivity contribution is 0.282. The van der Waals surface area contributed by atoms with Gasteiger partial charge in [0.05, 0.1) is 0 Å². The number of alkyl halides is 5. The summed E-state index contributed by atoms with van der Waals surface area (Å²) in [7, 11) is 0. The first kappa shape index (κ1) is 16.4. The van der Waals surface area contributed by atoms with E-state index in [4.69, 9.17) is 63.1 Å². The molecule has 0 saturated carbocycles. The van der Waals surface area contributed by atoms with E-state index in [-0.39, 0.29) is 6.61 Å². The van der Waals surface area contributed by atoms with Gasteiger partial charge >= 0.3 is 0 Å². The monoisotopic (exact) mass is 314 g/mol. The van der Waals surface area contributed by atoms with Crippen LogP contribution in [0, 0.1) is 0 Å². The Morgan fingerprint density at radius 2 is 1.20 bits per heavy atom. The maximum atomic E-state index is 8.56. The third kappa shape index (κ3) is 7.36. The molecule has 0 aromatic carbocycles. The zero-order valence-corrected chi connectivity index (χ0v) is 12.1. The molecule has 0 amide bonds. The van der Waals surface area contributed by atoms with E-state index in [9.17, 15) is 0 Å². The van der Waals surface area contributed by atoms with Gasteiger partial charge in [0.15, 0.2) is 4.33 Å². The number of hydrogen-bond acceptors (Lipinski definition) is 1. The minimum Gasteiger partial charge on any atom is -0.396 e. The van der Waals surface area contributed by atoms with Gasteiger partial charge in [-0.25, -0.2) is 0 Å². The molecule has 0 atom stereocenters. The quantitative estimate of drug-likeness (QED) is 0.525. The number of rotatable bonds is 7. The predicted octanol–water partition coefficient (Wildman–Crippen LogP) is 4.86. The maximum Gasteiger partial charge on any atom is 0.223 e. The van der Waals surface area contributed by atoms with Gasteiger partial charge in [-0.1, -0.05) is 83.7 Å². The van der Waals surface area contributed by atoms with Crippen molar-refractivity contribution in [3.05, 3.63) is 0 Å². The molecule has 0 fully saturated rings. The highest BCUT2D eigenvalue weighted by Gasteiger charge is 2.44. The minimum atomic E-state index is -1.65. The maximum absolute atomic E-state index is 8.56. The van der Waals surface area contributed by atoms with Crippen LogP contribution >= 0.6 is 58.0 Å². The van der Waals surface area contributed by atoms with E-state index in [0.29, 0.717) is 6.42 Å². The van der Waals surface area contributed by atoms with E-state index < -0.39 is 8.13 Å². The zero-order chi connectivity index (χ0) is 11.9. The summed E-state index contributed by atoms with van der Waals surface area (Å²) >= 11 is 28.6. The highest BCUT2D eigenvalue weighted by atomic mass is 35.6. The molecule has 15 heavy (non-hydrogen) atoms. The lowest BCUT2D eigenvalue weighted by Gasteiger charge is -2.27. The number of aliphatic hydroxyl groups excluding tert-OH is 1. The second-order valence-electron chi connectivity index (χ2n) is 3.44. The summed E-state index contributed by atoms with van der Waals surface area (Å²) in [5, 5.41) is 8.56. The number of unbranched alkanes of at least 4 members (excludes halogenated alkanes) is 4. The van der Waals surface area contributed by atoms with Crippen LogP contribution in [0.2, 0.25) is 0 Å². The Morgan fingerprint density at radius 3 is 1.67 bits per heavy atom. The summed E-state index contributed by atoms with van der Waals surface area (Å²) in [6, 6.07) is 0. The van der Waals surface area contributed by atoms with Crippen molar-refractivity contribution in [3.63, 3.8) is 0 Å². The molecule has 0 bridgehead atoms. The molecular weight excluding hydrogens is 301 g/mol. The smallest absolute Gasteiger partial charge is 0.223 e. The molecule has 0 rings (SSSR count). The molecule has 0 aromatic rings.